The lowest BCUT2D eigenvalue weighted by atomic mass is 10.0. The first kappa shape index (κ1) is 14.2. The highest BCUT2D eigenvalue weighted by Gasteiger charge is 2.42. The lowest BCUT2D eigenvalue weighted by Crippen LogP contribution is -3.14. The zero-order valence-corrected chi connectivity index (χ0v) is 12.7. The number of aromatic nitrogens is 1. The van der Waals surface area contributed by atoms with E-state index in [-0.39, 0.29) is 5.79 Å². The zero-order valence-electron chi connectivity index (χ0n) is 12.7. The van der Waals surface area contributed by atoms with Crippen molar-refractivity contribution in [3.05, 3.63) is 36.0 Å². The highest BCUT2D eigenvalue weighted by atomic mass is 16.7. The largest absolute Gasteiger partial charge is 0.382 e. The lowest BCUT2D eigenvalue weighted by Gasteiger charge is -2.35. The van der Waals surface area contributed by atoms with E-state index in [9.17, 15) is 5.11 Å². The molecule has 0 saturated carbocycles. The van der Waals surface area contributed by atoms with Gasteiger partial charge >= 0.3 is 0 Å². The number of aromatic amines is 1. The topological polar surface area (TPSA) is 58.9 Å². The smallest absolute Gasteiger partial charge is 0.179 e. The Kier molecular flexibility index (Phi) is 3.66. The molecule has 0 unspecified atom stereocenters. The maximum Gasteiger partial charge on any atom is 0.179 e. The first-order valence-electron chi connectivity index (χ1n) is 8.11. The third kappa shape index (κ3) is 2.54. The van der Waals surface area contributed by atoms with Crippen molar-refractivity contribution >= 4 is 10.9 Å². The predicted molar refractivity (Wildman–Crippen MR) is 82.7 cm³/mol. The minimum Gasteiger partial charge on any atom is -0.382 e. The van der Waals surface area contributed by atoms with Crippen molar-refractivity contribution in [1.82, 2.24) is 4.98 Å². The number of H-pyrrole nitrogens is 1. The highest BCUT2D eigenvalue weighted by molar-refractivity contribution is 5.83. The van der Waals surface area contributed by atoms with Crippen LogP contribution in [-0.4, -0.2) is 48.7 Å². The monoisotopic (exact) mass is 303 g/mol. The molecule has 0 bridgehead atoms. The number of aliphatic hydroxyl groups is 1. The number of quaternary nitrogens is 1. The van der Waals surface area contributed by atoms with Gasteiger partial charge in [-0.15, -0.1) is 0 Å². The molecule has 1 spiro atoms. The Morgan fingerprint density at radius 1 is 1.18 bits per heavy atom. The fourth-order valence-electron chi connectivity index (χ4n) is 3.73. The number of benzene rings is 1. The minimum absolute atomic E-state index is 0.324. The van der Waals surface area contributed by atoms with E-state index in [1.165, 1.54) is 4.90 Å². The molecular formula is C17H23N2O3+. The van der Waals surface area contributed by atoms with E-state index in [2.05, 4.69) is 11.1 Å². The first-order chi connectivity index (χ1) is 10.8. The van der Waals surface area contributed by atoms with E-state index in [1.54, 1.807) is 0 Å². The molecule has 118 valence electrons. The second-order valence-corrected chi connectivity index (χ2v) is 6.37. The van der Waals surface area contributed by atoms with Gasteiger partial charge in [-0.25, -0.2) is 0 Å². The molecule has 2 aromatic rings. The Hall–Kier alpha value is -1.40. The summed E-state index contributed by atoms with van der Waals surface area (Å²) in [5, 5.41) is 11.7. The highest BCUT2D eigenvalue weighted by Crippen LogP contribution is 2.28. The number of aliphatic hydroxyl groups excluding tert-OH is 1. The summed E-state index contributed by atoms with van der Waals surface area (Å²) in [5.74, 6) is -0.324. The van der Waals surface area contributed by atoms with Crippen LogP contribution >= 0.6 is 0 Å². The Balaban J connectivity index is 1.41. The van der Waals surface area contributed by atoms with Crippen molar-refractivity contribution in [3.63, 3.8) is 0 Å². The summed E-state index contributed by atoms with van der Waals surface area (Å²) in [6, 6.07) is 8.12. The van der Waals surface area contributed by atoms with Gasteiger partial charge in [-0.05, 0) is 6.07 Å². The predicted octanol–water partition coefficient (Wildman–Crippen LogP) is 0.623. The Morgan fingerprint density at radius 3 is 2.68 bits per heavy atom. The number of hydrogen-bond acceptors (Lipinski definition) is 3. The van der Waals surface area contributed by atoms with E-state index in [4.69, 9.17) is 9.47 Å². The normalized spacial score (nSPS) is 23.3. The molecule has 2 saturated heterocycles. The van der Waals surface area contributed by atoms with Crippen molar-refractivity contribution in [2.75, 3.05) is 32.8 Å². The summed E-state index contributed by atoms with van der Waals surface area (Å²) in [4.78, 5) is 4.66. The molecule has 22 heavy (non-hydrogen) atoms. The van der Waals surface area contributed by atoms with Gasteiger partial charge in [0, 0.05) is 22.7 Å². The van der Waals surface area contributed by atoms with Crippen LogP contribution in [0.3, 0.4) is 0 Å². The van der Waals surface area contributed by atoms with Gasteiger partial charge in [-0.3, -0.25) is 0 Å². The van der Waals surface area contributed by atoms with Gasteiger partial charge in [-0.1, -0.05) is 18.2 Å². The van der Waals surface area contributed by atoms with Crippen LogP contribution in [0, 0.1) is 0 Å². The number of fused-ring (bicyclic) bond motifs is 1. The molecule has 2 fully saturated rings. The van der Waals surface area contributed by atoms with Crippen molar-refractivity contribution in [2.45, 2.75) is 24.7 Å². The minimum atomic E-state index is -0.439. The molecule has 0 aliphatic carbocycles. The number of hydrogen-bond donors (Lipinski definition) is 3. The van der Waals surface area contributed by atoms with Gasteiger partial charge in [0.05, 0.1) is 39.1 Å². The van der Waals surface area contributed by atoms with Crippen LogP contribution in [0.4, 0.5) is 0 Å². The summed E-state index contributed by atoms with van der Waals surface area (Å²) in [5.41, 5.74) is 2.08. The summed E-state index contributed by atoms with van der Waals surface area (Å²) >= 11 is 0. The molecule has 1 atom stereocenters. The van der Waals surface area contributed by atoms with Crippen LogP contribution in [0.5, 0.6) is 0 Å². The van der Waals surface area contributed by atoms with Crippen molar-refractivity contribution in [1.29, 1.82) is 0 Å². The summed E-state index contributed by atoms with van der Waals surface area (Å²) < 4.78 is 11.5. The van der Waals surface area contributed by atoms with Crippen molar-refractivity contribution in [3.8, 4) is 0 Å². The number of likely N-dealkylation sites (tertiary alicyclic amines) is 1. The molecule has 2 aliphatic rings. The standard InChI is InChI=1S/C17H22N2O3/c20-16(14-11-18-15-4-2-1-3-13(14)15)12-19-7-5-17(6-8-19)21-9-10-22-17/h1-4,11,16,18,20H,5-10,12H2/p+1/t16-/m0/s1. The molecule has 0 radical (unpaired) electrons. The first-order valence-corrected chi connectivity index (χ1v) is 8.11. The number of para-hydroxylation sites is 1. The molecule has 2 aliphatic heterocycles. The average molecular weight is 303 g/mol. The zero-order chi connectivity index (χ0) is 15.0. The summed E-state index contributed by atoms with van der Waals surface area (Å²) in [6.07, 6.45) is 3.33. The van der Waals surface area contributed by atoms with Crippen LogP contribution in [-0.2, 0) is 9.47 Å². The fraction of sp³-hybridized carbons (Fsp3) is 0.529. The number of ether oxygens (including phenoxy) is 2. The number of piperidine rings is 1. The summed E-state index contributed by atoms with van der Waals surface area (Å²) in [7, 11) is 0. The molecule has 4 rings (SSSR count). The maximum absolute atomic E-state index is 10.6. The molecule has 3 N–H and O–H groups in total. The molecule has 1 aromatic carbocycles. The van der Waals surface area contributed by atoms with E-state index in [0.717, 1.165) is 48.9 Å². The van der Waals surface area contributed by atoms with Crippen LogP contribution in [0.1, 0.15) is 24.5 Å². The molecule has 0 amide bonds. The molecular weight excluding hydrogens is 280 g/mol. The third-order valence-corrected chi connectivity index (χ3v) is 4.99. The quantitative estimate of drug-likeness (QED) is 0.779. The van der Waals surface area contributed by atoms with Gasteiger partial charge in [-0.2, -0.15) is 0 Å². The van der Waals surface area contributed by atoms with E-state index < -0.39 is 6.10 Å². The SMILES string of the molecule is O[C@@H](C[NH+]1CCC2(CC1)OCCO2)c1c[nH]c2ccccc12. The van der Waals surface area contributed by atoms with Crippen LogP contribution < -0.4 is 4.90 Å². The fourth-order valence-corrected chi connectivity index (χ4v) is 3.73. The lowest BCUT2D eigenvalue weighted by molar-refractivity contribution is -0.912. The second-order valence-electron chi connectivity index (χ2n) is 6.37. The van der Waals surface area contributed by atoms with E-state index in [0.29, 0.717) is 13.2 Å². The van der Waals surface area contributed by atoms with Gasteiger partial charge in [0.25, 0.3) is 0 Å². The van der Waals surface area contributed by atoms with Crippen LogP contribution in [0.15, 0.2) is 30.5 Å². The molecule has 5 nitrogen and oxygen atoms in total. The Bertz CT molecular complexity index is 638. The van der Waals surface area contributed by atoms with Gasteiger partial charge in [0.15, 0.2) is 5.79 Å². The average Bonchev–Trinajstić information content (AvgIpc) is 3.17. The van der Waals surface area contributed by atoms with Gasteiger partial charge in [0.2, 0.25) is 0 Å². The molecule has 1 aromatic heterocycles. The maximum atomic E-state index is 10.6. The molecule has 3 heterocycles. The Morgan fingerprint density at radius 2 is 1.91 bits per heavy atom. The second kappa shape index (κ2) is 5.66. The van der Waals surface area contributed by atoms with Crippen LogP contribution in [0.25, 0.3) is 10.9 Å². The number of nitrogens with one attached hydrogen (secondary N) is 2. The third-order valence-electron chi connectivity index (χ3n) is 4.99. The summed E-state index contributed by atoms with van der Waals surface area (Å²) in [6.45, 7) is 4.14. The van der Waals surface area contributed by atoms with E-state index in [1.807, 2.05) is 24.4 Å². The van der Waals surface area contributed by atoms with Crippen molar-refractivity contribution < 1.29 is 19.5 Å². The van der Waals surface area contributed by atoms with Crippen molar-refractivity contribution in [2.24, 2.45) is 0 Å². The van der Waals surface area contributed by atoms with Gasteiger partial charge < -0.3 is 24.5 Å². The molecule has 5 heteroatoms. The van der Waals surface area contributed by atoms with Gasteiger partial charge in [0.1, 0.15) is 12.6 Å². The van der Waals surface area contributed by atoms with E-state index >= 15 is 0 Å². The van der Waals surface area contributed by atoms with Crippen LogP contribution in [0.2, 0.25) is 0 Å². The number of rotatable bonds is 3. The Labute approximate surface area is 129 Å².